The number of rotatable bonds is 10. The van der Waals surface area contributed by atoms with E-state index in [1.165, 1.54) is 13.6 Å². The van der Waals surface area contributed by atoms with Crippen LogP contribution in [0.25, 0.3) is 0 Å². The van der Waals surface area contributed by atoms with Gasteiger partial charge in [0.05, 0.1) is 12.5 Å². The van der Waals surface area contributed by atoms with Crippen LogP contribution in [-0.2, 0) is 32.9 Å². The third-order valence-corrected chi connectivity index (χ3v) is 3.32. The third kappa shape index (κ3) is 8.72. The van der Waals surface area contributed by atoms with Crippen molar-refractivity contribution in [2.24, 2.45) is 5.92 Å². The van der Waals surface area contributed by atoms with Crippen molar-refractivity contribution >= 4 is 32.2 Å². The summed E-state index contributed by atoms with van der Waals surface area (Å²) < 4.78 is 29.6. The van der Waals surface area contributed by atoms with E-state index in [1.54, 1.807) is 13.8 Å². The fraction of sp³-hybridized carbons (Fsp3) is 0.714. The van der Waals surface area contributed by atoms with Gasteiger partial charge in [-0.2, -0.15) is 4.90 Å². The lowest BCUT2D eigenvalue weighted by atomic mass is 10.2. The Morgan fingerprint density at radius 3 is 2.12 bits per heavy atom. The van der Waals surface area contributed by atoms with Gasteiger partial charge in [-0.05, 0) is 11.5 Å². The molecule has 0 fully saturated rings. The summed E-state index contributed by atoms with van der Waals surface area (Å²) in [5.41, 5.74) is 0. The lowest BCUT2D eigenvalue weighted by molar-refractivity contribution is -0.157. The smallest absolute Gasteiger partial charge is 0.480 e. The van der Waals surface area contributed by atoms with E-state index in [-0.39, 0.29) is 24.5 Å². The molecule has 26 heavy (non-hydrogen) atoms. The van der Waals surface area contributed by atoms with Crippen LogP contribution < -0.4 is 0 Å². The van der Waals surface area contributed by atoms with Gasteiger partial charge in [0, 0.05) is 6.42 Å². The van der Waals surface area contributed by atoms with Gasteiger partial charge in [-0.1, -0.05) is 13.8 Å². The molecule has 11 nitrogen and oxygen atoms in total. The molecule has 0 aromatic heterocycles. The van der Waals surface area contributed by atoms with Crippen molar-refractivity contribution in [1.82, 2.24) is 4.90 Å². The van der Waals surface area contributed by atoms with E-state index in [0.717, 1.165) is 0 Å². The Balaban J connectivity index is 5.11. The molecule has 1 N–H and O–H groups in total. The Bertz CT molecular complexity index is 536. The van der Waals surface area contributed by atoms with Crippen molar-refractivity contribution < 1.29 is 47.6 Å². The largest absolute Gasteiger partial charge is 0.504 e. The summed E-state index contributed by atoms with van der Waals surface area (Å²) in [6.07, 6.45) is -2.96. The highest BCUT2D eigenvalue weighted by Crippen LogP contribution is 2.18. The molecule has 0 spiro atoms. The molecule has 0 aliphatic carbocycles. The fourth-order valence-corrected chi connectivity index (χ4v) is 1.91. The van der Waals surface area contributed by atoms with Crippen molar-refractivity contribution in [1.29, 1.82) is 0 Å². The van der Waals surface area contributed by atoms with Crippen LogP contribution in [0, 0.1) is 5.92 Å². The monoisotopic (exact) mass is 396 g/mol. The Morgan fingerprint density at radius 1 is 1.08 bits per heavy atom. The second-order valence-electron chi connectivity index (χ2n) is 5.13. The van der Waals surface area contributed by atoms with Crippen LogP contribution in [0.1, 0.15) is 27.2 Å². The summed E-state index contributed by atoms with van der Waals surface area (Å²) in [5.74, 6) is -2.63. The highest BCUT2D eigenvalue weighted by atomic mass is 31.1. The zero-order valence-corrected chi connectivity index (χ0v) is 15.9. The van der Waals surface area contributed by atoms with Gasteiger partial charge < -0.3 is 19.3 Å². The van der Waals surface area contributed by atoms with Crippen LogP contribution in [0.4, 0.5) is 9.59 Å². The molecular weight excluding hydrogens is 373 g/mol. The number of ether oxygens (including phenoxy) is 3. The summed E-state index contributed by atoms with van der Waals surface area (Å²) in [5, 5.41) is 9.29. The van der Waals surface area contributed by atoms with E-state index in [2.05, 4.69) is 14.2 Å². The molecule has 0 rings (SSSR count). The highest BCUT2D eigenvalue weighted by Gasteiger charge is 2.37. The molecule has 2 unspecified atom stereocenters. The number of hydrogen-bond donors (Lipinski definition) is 1. The molecule has 0 radical (unpaired) electrons. The zero-order chi connectivity index (χ0) is 20.3. The molecular formula is C14H23NO10P+. The number of nitrogens with zero attached hydrogens (tertiary/aromatic N) is 1. The summed E-state index contributed by atoms with van der Waals surface area (Å²) in [6.45, 7) is 4.67. The van der Waals surface area contributed by atoms with Gasteiger partial charge in [-0.15, -0.1) is 4.52 Å². The molecule has 2 atom stereocenters. The fourth-order valence-electron chi connectivity index (χ4n) is 1.55. The minimum absolute atomic E-state index is 0.116. The zero-order valence-electron chi connectivity index (χ0n) is 15.0. The first-order valence-corrected chi connectivity index (χ1v) is 9.30. The van der Waals surface area contributed by atoms with Gasteiger partial charge in [0.1, 0.15) is 12.6 Å². The maximum atomic E-state index is 12.1. The average Bonchev–Trinajstić information content (AvgIpc) is 2.53. The minimum Gasteiger partial charge on any atom is -0.480 e. The predicted molar refractivity (Wildman–Crippen MR) is 86.7 cm³/mol. The van der Waals surface area contributed by atoms with Crippen LogP contribution in [0.15, 0.2) is 0 Å². The quantitative estimate of drug-likeness (QED) is 0.330. The second-order valence-corrected chi connectivity index (χ2v) is 6.27. The summed E-state index contributed by atoms with van der Waals surface area (Å²) >= 11 is 0. The van der Waals surface area contributed by atoms with E-state index < -0.39 is 50.9 Å². The number of imide groups is 1. The molecule has 0 aromatic rings. The van der Waals surface area contributed by atoms with Gasteiger partial charge in [0.25, 0.3) is 0 Å². The van der Waals surface area contributed by atoms with Crippen molar-refractivity contribution in [3.8, 4) is 0 Å². The van der Waals surface area contributed by atoms with E-state index in [4.69, 9.17) is 4.52 Å². The molecule has 2 amide bonds. The molecule has 148 valence electrons. The second kappa shape index (κ2) is 12.2. The number of aliphatic carboxylic acids is 1. The van der Waals surface area contributed by atoms with Crippen LogP contribution in [0.5, 0.6) is 0 Å². The number of carbonyl (C=O) groups excluding carboxylic acids is 3. The van der Waals surface area contributed by atoms with Crippen LogP contribution >= 0.6 is 8.03 Å². The minimum atomic E-state index is -1.98. The Labute approximate surface area is 151 Å². The summed E-state index contributed by atoms with van der Waals surface area (Å²) in [6, 6.07) is -1.68. The van der Waals surface area contributed by atoms with Crippen LogP contribution in [0.2, 0.25) is 0 Å². The maximum absolute atomic E-state index is 12.1. The normalized spacial score (nSPS) is 12.1. The molecule has 0 bridgehead atoms. The molecule has 0 aliphatic heterocycles. The molecule has 0 heterocycles. The number of carboxylic acids is 1. The van der Waals surface area contributed by atoms with Gasteiger partial charge in [-0.25, -0.2) is 14.4 Å². The first kappa shape index (κ1) is 23.7. The van der Waals surface area contributed by atoms with Crippen molar-refractivity contribution in [3.63, 3.8) is 0 Å². The van der Waals surface area contributed by atoms with Crippen molar-refractivity contribution in [3.05, 3.63) is 0 Å². The average molecular weight is 396 g/mol. The van der Waals surface area contributed by atoms with Gasteiger partial charge in [0.15, 0.2) is 6.66 Å². The van der Waals surface area contributed by atoms with Gasteiger partial charge in [-0.3, -0.25) is 4.79 Å². The number of carbonyl (C=O) groups is 4. The molecule has 0 saturated heterocycles. The van der Waals surface area contributed by atoms with E-state index in [0.29, 0.717) is 0 Å². The predicted octanol–water partition coefficient (Wildman–Crippen LogP) is 1.97. The molecule has 12 heteroatoms. The van der Waals surface area contributed by atoms with E-state index in [9.17, 15) is 28.8 Å². The number of amides is 2. The van der Waals surface area contributed by atoms with Gasteiger partial charge in [0.2, 0.25) is 6.79 Å². The number of hydrogen-bond acceptors (Lipinski definition) is 9. The standard InChI is InChI=1S/C14H22NO10P/c1-5-22-13(19)15(10(11(16)17)6-7-25-26(4)21)14(20)24-8-23-12(18)9(2)3/h9-10H,5-8H2,1-4H3/p+1. The number of carboxylic acid groups (broad SMARTS) is 1. The Kier molecular flexibility index (Phi) is 11.1. The Morgan fingerprint density at radius 2 is 1.65 bits per heavy atom. The first-order valence-electron chi connectivity index (χ1n) is 7.67. The first-order chi connectivity index (χ1) is 12.1. The van der Waals surface area contributed by atoms with Crippen molar-refractivity contribution in [2.75, 3.05) is 26.7 Å². The maximum Gasteiger partial charge on any atom is 0.504 e. The summed E-state index contributed by atoms with van der Waals surface area (Å²) in [4.78, 5) is 47.1. The topological polar surface area (TPSA) is 146 Å². The van der Waals surface area contributed by atoms with Crippen molar-refractivity contribution in [2.45, 2.75) is 33.2 Å². The van der Waals surface area contributed by atoms with Crippen LogP contribution in [-0.4, -0.2) is 66.8 Å². The number of esters is 1. The lowest BCUT2D eigenvalue weighted by Crippen LogP contribution is -2.49. The highest BCUT2D eigenvalue weighted by molar-refractivity contribution is 7.38. The summed E-state index contributed by atoms with van der Waals surface area (Å²) in [7, 11) is -1.98. The van der Waals surface area contributed by atoms with E-state index in [1.807, 2.05) is 0 Å². The molecule has 0 saturated carbocycles. The third-order valence-electron chi connectivity index (χ3n) is 2.78. The molecule has 0 aliphatic rings. The Hall–Kier alpha value is -2.26. The van der Waals surface area contributed by atoms with Crippen LogP contribution in [0.3, 0.4) is 0 Å². The molecule has 0 aromatic carbocycles. The SMILES string of the molecule is CCOC(=O)N(C(=O)OCOC(=O)C(C)C)C(CCO[P+](C)=O)C(=O)O. The van der Waals surface area contributed by atoms with Gasteiger partial charge >= 0.3 is 32.2 Å². The van der Waals surface area contributed by atoms with E-state index >= 15 is 0 Å². The lowest BCUT2D eigenvalue weighted by Gasteiger charge is -2.25.